The Morgan fingerprint density at radius 1 is 1.12 bits per heavy atom. The normalized spacial score (nSPS) is 42.2. The minimum Gasteiger partial charge on any atom is -0.464 e. The van der Waals surface area contributed by atoms with Crippen molar-refractivity contribution in [3.05, 3.63) is 11.6 Å². The summed E-state index contributed by atoms with van der Waals surface area (Å²) in [5.74, 6) is 0.692. The summed E-state index contributed by atoms with van der Waals surface area (Å²) >= 11 is 0. The van der Waals surface area contributed by atoms with Gasteiger partial charge in [0.2, 0.25) is 11.4 Å². The molecule has 34 heavy (non-hydrogen) atoms. The van der Waals surface area contributed by atoms with Crippen LogP contribution in [0.1, 0.15) is 92.9 Å². The van der Waals surface area contributed by atoms with Crippen molar-refractivity contribution in [2.45, 2.75) is 98.5 Å². The first-order chi connectivity index (χ1) is 15.9. The lowest BCUT2D eigenvalue weighted by atomic mass is 9.48. The summed E-state index contributed by atoms with van der Waals surface area (Å²) < 4.78 is 5.06. The lowest BCUT2D eigenvalue weighted by Crippen LogP contribution is -2.52. The third-order valence-corrected chi connectivity index (χ3v) is 10.4. The van der Waals surface area contributed by atoms with Crippen LogP contribution in [0.5, 0.6) is 0 Å². The van der Waals surface area contributed by atoms with Crippen LogP contribution in [0.25, 0.3) is 0 Å². The minimum absolute atomic E-state index is 0.0135. The number of carbonyl (C=O) groups is 3. The number of rotatable bonds is 7. The van der Waals surface area contributed by atoms with Crippen LogP contribution in [0.15, 0.2) is 11.6 Å². The van der Waals surface area contributed by atoms with Crippen molar-refractivity contribution >= 4 is 17.5 Å². The van der Waals surface area contributed by atoms with Gasteiger partial charge < -0.3 is 9.84 Å². The van der Waals surface area contributed by atoms with E-state index in [1.165, 1.54) is 31.8 Å². The van der Waals surface area contributed by atoms with Crippen molar-refractivity contribution in [1.29, 1.82) is 0 Å². The first-order valence-electron chi connectivity index (χ1n) is 13.6. The molecule has 5 heteroatoms. The Balaban J connectivity index is 1.59. The Hall–Kier alpha value is -1.49. The van der Waals surface area contributed by atoms with E-state index >= 15 is 0 Å². The van der Waals surface area contributed by atoms with E-state index in [0.717, 1.165) is 25.2 Å². The molecule has 0 bridgehead atoms. The number of ketones is 2. The molecule has 3 saturated carbocycles. The summed E-state index contributed by atoms with van der Waals surface area (Å²) in [5.41, 5.74) is -2.36. The number of allylic oxidation sites excluding steroid dienone is 1. The summed E-state index contributed by atoms with van der Waals surface area (Å²) in [5, 5.41) is 11.1. The van der Waals surface area contributed by atoms with E-state index in [1.807, 2.05) is 6.92 Å². The van der Waals surface area contributed by atoms with Gasteiger partial charge in [-0.2, -0.15) is 0 Å². The molecule has 190 valence electrons. The van der Waals surface area contributed by atoms with E-state index in [0.29, 0.717) is 23.3 Å². The quantitative estimate of drug-likeness (QED) is 0.402. The fourth-order valence-electron chi connectivity index (χ4n) is 8.68. The van der Waals surface area contributed by atoms with E-state index in [4.69, 9.17) is 4.74 Å². The summed E-state index contributed by atoms with van der Waals surface area (Å²) in [4.78, 5) is 39.3. The lowest BCUT2D eigenvalue weighted by molar-refractivity contribution is -0.169. The first-order valence-corrected chi connectivity index (χ1v) is 13.6. The molecule has 0 radical (unpaired) electrons. The fourth-order valence-corrected chi connectivity index (χ4v) is 8.68. The van der Waals surface area contributed by atoms with E-state index in [2.05, 4.69) is 27.7 Å². The molecule has 0 amide bonds. The average molecular weight is 473 g/mol. The van der Waals surface area contributed by atoms with Crippen molar-refractivity contribution < 1.29 is 24.2 Å². The Labute approximate surface area is 205 Å². The van der Waals surface area contributed by atoms with Crippen molar-refractivity contribution in [3.63, 3.8) is 0 Å². The summed E-state index contributed by atoms with van der Waals surface area (Å²) in [6.07, 6.45) is 9.41. The molecule has 0 aromatic rings. The van der Waals surface area contributed by atoms with Crippen LogP contribution in [0.4, 0.5) is 0 Å². The molecular weight excluding hydrogens is 428 g/mol. The molecule has 4 aliphatic carbocycles. The van der Waals surface area contributed by atoms with Gasteiger partial charge in [-0.05, 0) is 73.7 Å². The Morgan fingerprint density at radius 3 is 2.47 bits per heavy atom. The Morgan fingerprint density at radius 2 is 1.82 bits per heavy atom. The molecule has 0 saturated heterocycles. The Bertz CT molecular complexity index is 889. The van der Waals surface area contributed by atoms with Gasteiger partial charge in [0, 0.05) is 23.3 Å². The number of esters is 1. The van der Waals surface area contributed by atoms with Gasteiger partial charge in [-0.1, -0.05) is 53.9 Å². The number of Topliss-reactive ketones (excluding diaryl/α,β-unsaturated/α-hetero) is 1. The largest absolute Gasteiger partial charge is 0.464 e. The molecule has 0 unspecified atom stereocenters. The molecular formula is C29H44O5. The maximum absolute atomic E-state index is 13.5. The molecule has 5 nitrogen and oxygen atoms in total. The second-order valence-corrected chi connectivity index (χ2v) is 12.7. The standard InChI is InChI=1S/C29H44O5/c1-7-34-26(32)29(33)16-28(6)21-13-14-27(5)19(18(4)10-8-9-17(2)3)11-12-20(27)24(21)23(30)15-22(28)25(29)31/h15,17-21,24,33H,7-14,16H2,1-6H3/t18-,19-,20+,21+,24+,27-,28-,29+/m1/s1. The molecule has 0 spiro atoms. The van der Waals surface area contributed by atoms with Crippen LogP contribution in [-0.4, -0.2) is 34.9 Å². The maximum atomic E-state index is 13.5. The maximum Gasteiger partial charge on any atom is 0.346 e. The fraction of sp³-hybridized carbons (Fsp3) is 0.828. The summed E-state index contributed by atoms with van der Waals surface area (Å²) in [6.45, 7) is 13.1. The monoisotopic (exact) mass is 472 g/mol. The van der Waals surface area contributed by atoms with Gasteiger partial charge in [0.1, 0.15) is 0 Å². The summed E-state index contributed by atoms with van der Waals surface area (Å²) in [7, 11) is 0. The van der Waals surface area contributed by atoms with Gasteiger partial charge in [-0.3, -0.25) is 9.59 Å². The molecule has 0 aliphatic heterocycles. The molecule has 3 fully saturated rings. The molecule has 0 aromatic carbocycles. The number of carbonyl (C=O) groups excluding carboxylic acids is 3. The topological polar surface area (TPSA) is 80.7 Å². The van der Waals surface area contributed by atoms with Gasteiger partial charge in [0.15, 0.2) is 5.78 Å². The number of aliphatic hydroxyl groups is 1. The van der Waals surface area contributed by atoms with Crippen LogP contribution >= 0.6 is 0 Å². The number of hydrogen-bond acceptors (Lipinski definition) is 5. The van der Waals surface area contributed by atoms with E-state index in [-0.39, 0.29) is 36.1 Å². The number of fused-ring (bicyclic) bond motifs is 5. The van der Waals surface area contributed by atoms with E-state index < -0.39 is 22.8 Å². The van der Waals surface area contributed by atoms with Crippen LogP contribution in [0.2, 0.25) is 0 Å². The highest BCUT2D eigenvalue weighted by Crippen LogP contribution is 2.67. The van der Waals surface area contributed by atoms with Crippen molar-refractivity contribution in [2.24, 2.45) is 46.3 Å². The molecule has 8 atom stereocenters. The predicted molar refractivity (Wildman–Crippen MR) is 131 cm³/mol. The predicted octanol–water partition coefficient (Wildman–Crippen LogP) is 5.29. The zero-order valence-electron chi connectivity index (χ0n) is 22.0. The van der Waals surface area contributed by atoms with Crippen molar-refractivity contribution in [1.82, 2.24) is 0 Å². The second kappa shape index (κ2) is 8.87. The molecule has 1 N–H and O–H groups in total. The van der Waals surface area contributed by atoms with Crippen LogP contribution in [0.3, 0.4) is 0 Å². The van der Waals surface area contributed by atoms with Crippen LogP contribution in [-0.2, 0) is 19.1 Å². The lowest BCUT2D eigenvalue weighted by Gasteiger charge is -2.54. The Kier molecular flexibility index (Phi) is 6.68. The SMILES string of the molecule is CCOC(=O)[C@]1(O)C[C@@]2(C)C(=CC(=O)[C@H]3[C@@H]4CC[C@H]([C@H](C)CCCC(C)C)[C@@]4(C)CC[C@@H]32)C1=O. The highest BCUT2D eigenvalue weighted by molar-refractivity contribution is 6.20. The van der Waals surface area contributed by atoms with Gasteiger partial charge >= 0.3 is 5.97 Å². The smallest absolute Gasteiger partial charge is 0.346 e. The zero-order valence-corrected chi connectivity index (χ0v) is 22.0. The van der Waals surface area contributed by atoms with Gasteiger partial charge in [0.25, 0.3) is 0 Å². The average Bonchev–Trinajstić information content (AvgIpc) is 3.21. The first kappa shape index (κ1) is 25.6. The second-order valence-electron chi connectivity index (χ2n) is 12.7. The third kappa shape index (κ3) is 3.72. The van der Waals surface area contributed by atoms with Gasteiger partial charge in [-0.15, -0.1) is 0 Å². The molecule has 0 heterocycles. The molecule has 4 aliphatic rings. The van der Waals surface area contributed by atoms with E-state index in [9.17, 15) is 19.5 Å². The zero-order chi connectivity index (χ0) is 25.1. The van der Waals surface area contributed by atoms with Crippen LogP contribution in [0, 0.1) is 46.3 Å². The third-order valence-electron chi connectivity index (χ3n) is 10.4. The molecule has 4 rings (SSSR count). The highest BCUT2D eigenvalue weighted by atomic mass is 16.5. The van der Waals surface area contributed by atoms with Gasteiger partial charge in [0.05, 0.1) is 6.61 Å². The minimum atomic E-state index is -2.17. The van der Waals surface area contributed by atoms with Crippen LogP contribution < -0.4 is 0 Å². The van der Waals surface area contributed by atoms with Crippen molar-refractivity contribution in [2.75, 3.05) is 6.61 Å². The summed E-state index contributed by atoms with van der Waals surface area (Å²) in [6, 6.07) is 0. The highest BCUT2D eigenvalue weighted by Gasteiger charge is 2.68. The van der Waals surface area contributed by atoms with E-state index in [1.54, 1.807) is 6.92 Å². The molecule has 0 aromatic heterocycles. The van der Waals surface area contributed by atoms with Gasteiger partial charge in [-0.25, -0.2) is 4.79 Å². The van der Waals surface area contributed by atoms with Crippen molar-refractivity contribution in [3.8, 4) is 0 Å². The number of ether oxygens (including phenoxy) is 1. The number of hydrogen-bond donors (Lipinski definition) is 1.